The lowest BCUT2D eigenvalue weighted by Gasteiger charge is -2.12. The van der Waals surface area contributed by atoms with Crippen molar-refractivity contribution in [3.8, 4) is 0 Å². The van der Waals surface area contributed by atoms with Crippen molar-refractivity contribution in [2.24, 2.45) is 7.05 Å². The van der Waals surface area contributed by atoms with Gasteiger partial charge in [0.05, 0.1) is 24.9 Å². The summed E-state index contributed by atoms with van der Waals surface area (Å²) in [7, 11) is 1.75. The van der Waals surface area contributed by atoms with Gasteiger partial charge in [0.25, 0.3) is 0 Å². The second-order valence-electron chi connectivity index (χ2n) is 7.43. The van der Waals surface area contributed by atoms with Crippen molar-refractivity contribution < 1.29 is 4.84 Å². The van der Waals surface area contributed by atoms with E-state index in [2.05, 4.69) is 52.4 Å². The van der Waals surface area contributed by atoms with E-state index in [1.807, 2.05) is 23.9 Å². The van der Waals surface area contributed by atoms with E-state index in [0.29, 0.717) is 11.6 Å². The van der Waals surface area contributed by atoms with Crippen molar-refractivity contribution in [2.45, 2.75) is 52.7 Å². The average molecular weight is 421 g/mol. The number of anilines is 1. The Morgan fingerprint density at radius 1 is 1.32 bits per heavy atom. The molecule has 1 fully saturated rings. The topological polar surface area (TPSA) is 95.6 Å². The van der Waals surface area contributed by atoms with Crippen LogP contribution in [-0.2, 0) is 18.4 Å². The molecule has 1 aliphatic carbocycles. The highest BCUT2D eigenvalue weighted by Crippen LogP contribution is 2.35. The average Bonchev–Trinajstić information content (AvgIpc) is 3.42. The zero-order chi connectivity index (χ0) is 22.0. The van der Waals surface area contributed by atoms with Crippen molar-refractivity contribution in [3.63, 3.8) is 0 Å². The van der Waals surface area contributed by atoms with Crippen LogP contribution in [0, 0.1) is 0 Å². The number of tetrazole rings is 1. The summed E-state index contributed by atoms with van der Waals surface area (Å²) in [4.78, 5) is 11.6. The molecule has 3 aromatic heterocycles. The van der Waals surface area contributed by atoms with E-state index in [0.717, 1.165) is 59.1 Å². The van der Waals surface area contributed by atoms with Crippen LogP contribution in [0.4, 0.5) is 5.82 Å². The summed E-state index contributed by atoms with van der Waals surface area (Å²) in [5.41, 5.74) is 7.78. The molecule has 0 spiro atoms. The van der Waals surface area contributed by atoms with Crippen molar-refractivity contribution in [2.75, 3.05) is 5.48 Å². The summed E-state index contributed by atoms with van der Waals surface area (Å²) in [6, 6.07) is 2.00. The first-order valence-corrected chi connectivity index (χ1v) is 10.6. The fraction of sp³-hybridized carbons (Fsp3) is 0.409. The maximum Gasteiger partial charge on any atom is 0.205 e. The van der Waals surface area contributed by atoms with E-state index >= 15 is 0 Å². The molecule has 0 unspecified atom stereocenters. The number of allylic oxidation sites excluding steroid dienone is 5. The Bertz CT molecular complexity index is 1170. The molecular formula is C22H28N8O. The maximum atomic E-state index is 5.63. The van der Waals surface area contributed by atoms with Crippen LogP contribution in [0.5, 0.6) is 0 Å². The summed E-state index contributed by atoms with van der Waals surface area (Å²) in [5, 5.41) is 18.5. The quantitative estimate of drug-likeness (QED) is 0.414. The minimum atomic E-state index is 0.283. The fourth-order valence-electron chi connectivity index (χ4n) is 3.62. The summed E-state index contributed by atoms with van der Waals surface area (Å²) < 4.78 is 1.97. The molecule has 9 nitrogen and oxygen atoms in total. The van der Waals surface area contributed by atoms with E-state index in [1.54, 1.807) is 13.1 Å². The number of nitrogens with one attached hydrogen (secondary N) is 1. The summed E-state index contributed by atoms with van der Waals surface area (Å²) in [5.74, 6) is 1.23. The van der Waals surface area contributed by atoms with Gasteiger partial charge in [-0.25, -0.2) is 10.5 Å². The molecule has 0 aliphatic heterocycles. The van der Waals surface area contributed by atoms with E-state index in [9.17, 15) is 0 Å². The summed E-state index contributed by atoms with van der Waals surface area (Å²) in [6.07, 6.45) is 8.93. The standard InChI is InChI=1S/C22H28N8O/c1-6-15(17(8-3)22-24-28-29(5)26-22)16(7-2)21-18-12-20(27-31-14-10-11-14)23-13-19(18)30(9-4)25-21/h7-8,12-14H,3,6,9-11H2,1-2,4-5H3,(H,23,27)/b16-7+,17-15+. The fourth-order valence-corrected chi connectivity index (χ4v) is 3.62. The molecule has 0 amide bonds. The van der Waals surface area contributed by atoms with Gasteiger partial charge in [-0.3, -0.25) is 9.52 Å². The molecule has 0 saturated heterocycles. The predicted octanol–water partition coefficient (Wildman–Crippen LogP) is 3.93. The normalized spacial score (nSPS) is 15.3. The van der Waals surface area contributed by atoms with Crippen LogP contribution in [0.25, 0.3) is 22.0 Å². The molecule has 31 heavy (non-hydrogen) atoms. The Morgan fingerprint density at radius 3 is 2.71 bits per heavy atom. The lowest BCUT2D eigenvalue weighted by Crippen LogP contribution is -2.04. The number of hydrogen-bond donors (Lipinski definition) is 1. The van der Waals surface area contributed by atoms with Gasteiger partial charge in [0, 0.05) is 23.1 Å². The van der Waals surface area contributed by atoms with Crippen molar-refractivity contribution in [1.82, 2.24) is 35.0 Å². The van der Waals surface area contributed by atoms with E-state index < -0.39 is 0 Å². The number of rotatable bonds is 9. The Morgan fingerprint density at radius 2 is 2.13 bits per heavy atom. The third kappa shape index (κ3) is 4.13. The maximum absolute atomic E-state index is 5.63. The highest BCUT2D eigenvalue weighted by Gasteiger charge is 2.24. The van der Waals surface area contributed by atoms with Gasteiger partial charge in [-0.15, -0.1) is 10.2 Å². The second-order valence-corrected chi connectivity index (χ2v) is 7.43. The molecule has 0 atom stereocenters. The predicted molar refractivity (Wildman–Crippen MR) is 121 cm³/mol. The van der Waals surface area contributed by atoms with Crippen LogP contribution >= 0.6 is 0 Å². The van der Waals surface area contributed by atoms with Crippen molar-refractivity contribution >= 4 is 27.9 Å². The third-order valence-corrected chi connectivity index (χ3v) is 5.29. The third-order valence-electron chi connectivity index (χ3n) is 5.29. The second kappa shape index (κ2) is 8.81. The van der Waals surface area contributed by atoms with Crippen LogP contribution in [0.1, 0.15) is 51.6 Å². The molecule has 9 heteroatoms. The van der Waals surface area contributed by atoms with Gasteiger partial charge in [-0.05, 0) is 50.0 Å². The first-order chi connectivity index (χ1) is 15.1. The number of fused-ring (bicyclic) bond motifs is 1. The molecule has 0 bridgehead atoms. The van der Waals surface area contributed by atoms with Crippen LogP contribution < -0.4 is 5.48 Å². The van der Waals surface area contributed by atoms with Gasteiger partial charge in [0.1, 0.15) is 11.5 Å². The number of aryl methyl sites for hydroxylation is 2. The van der Waals surface area contributed by atoms with Crippen molar-refractivity contribution in [3.05, 3.63) is 48.1 Å². The first kappa shape index (κ1) is 20.9. The molecule has 0 aromatic carbocycles. The molecule has 3 aromatic rings. The van der Waals surface area contributed by atoms with Gasteiger partial charge >= 0.3 is 0 Å². The first-order valence-electron chi connectivity index (χ1n) is 10.6. The van der Waals surface area contributed by atoms with Gasteiger partial charge in [0.2, 0.25) is 5.82 Å². The number of hydrogen-bond acceptors (Lipinski definition) is 7. The molecule has 1 aliphatic rings. The smallest absolute Gasteiger partial charge is 0.205 e. The molecule has 1 saturated carbocycles. The molecule has 4 rings (SSSR count). The van der Waals surface area contributed by atoms with Gasteiger partial charge in [-0.1, -0.05) is 25.7 Å². The van der Waals surface area contributed by atoms with Crippen LogP contribution in [-0.4, -0.2) is 41.1 Å². The Labute approximate surface area is 181 Å². The van der Waals surface area contributed by atoms with Crippen LogP contribution in [0.3, 0.4) is 0 Å². The SMILES string of the molecule is C=C/C(=C(CC)\C(=C/C)c1nn(CC)c2cnc(NOC3CC3)cc12)c1nnn(C)n1. The van der Waals surface area contributed by atoms with Gasteiger partial charge in [-0.2, -0.15) is 9.90 Å². The lowest BCUT2D eigenvalue weighted by atomic mass is 9.93. The molecule has 162 valence electrons. The lowest BCUT2D eigenvalue weighted by molar-refractivity contribution is 0.177. The van der Waals surface area contributed by atoms with E-state index in [-0.39, 0.29) is 6.10 Å². The zero-order valence-corrected chi connectivity index (χ0v) is 18.5. The Balaban J connectivity index is 1.84. The minimum absolute atomic E-state index is 0.283. The summed E-state index contributed by atoms with van der Waals surface area (Å²) >= 11 is 0. The molecule has 3 heterocycles. The highest BCUT2D eigenvalue weighted by molar-refractivity contribution is 5.99. The van der Waals surface area contributed by atoms with Crippen molar-refractivity contribution in [1.29, 1.82) is 0 Å². The van der Waals surface area contributed by atoms with E-state index in [4.69, 9.17) is 9.94 Å². The molecule has 1 N–H and O–H groups in total. The van der Waals surface area contributed by atoms with Crippen LogP contribution in [0.15, 0.2) is 36.6 Å². The zero-order valence-electron chi connectivity index (χ0n) is 18.5. The van der Waals surface area contributed by atoms with Gasteiger partial charge in [0.15, 0.2) is 0 Å². The minimum Gasteiger partial charge on any atom is -0.271 e. The number of nitrogens with zero attached hydrogens (tertiary/aromatic N) is 7. The Kier molecular flexibility index (Phi) is 5.94. The molecule has 0 radical (unpaired) electrons. The monoisotopic (exact) mass is 420 g/mol. The molecular weight excluding hydrogens is 392 g/mol. The Hall–Kier alpha value is -3.33. The van der Waals surface area contributed by atoms with Gasteiger partial charge < -0.3 is 0 Å². The van der Waals surface area contributed by atoms with Crippen LogP contribution in [0.2, 0.25) is 0 Å². The number of aromatic nitrogens is 7. The largest absolute Gasteiger partial charge is 0.271 e. The summed E-state index contributed by atoms with van der Waals surface area (Å²) in [6.45, 7) is 10.9. The number of pyridine rings is 1. The highest BCUT2D eigenvalue weighted by atomic mass is 16.7. The van der Waals surface area contributed by atoms with E-state index in [1.165, 1.54) is 4.80 Å².